The summed E-state index contributed by atoms with van der Waals surface area (Å²) in [6, 6.07) is 0.0207. The number of carbonyl (C=O) groups excluding carboxylic acids is 1. The van der Waals surface area contributed by atoms with Crippen LogP contribution in [0.3, 0.4) is 0 Å². The Morgan fingerprint density at radius 2 is 1.76 bits per heavy atom. The Morgan fingerprint density at radius 3 is 2.24 bits per heavy atom. The molecule has 0 spiro atoms. The van der Waals surface area contributed by atoms with Crippen LogP contribution in [0.15, 0.2) is 4.99 Å². The molecule has 2 aliphatic rings. The number of likely N-dealkylation sites (N-methyl/N-ethyl adjacent to an activating group) is 3. The molecule has 17 heavy (non-hydrogen) atoms. The zero-order valence-electron chi connectivity index (χ0n) is 10.8. The van der Waals surface area contributed by atoms with Crippen molar-refractivity contribution in [1.29, 1.82) is 0 Å². The molecular weight excluding hydrogens is 220 g/mol. The average Bonchev–Trinajstić information content (AvgIpc) is 2.76. The van der Waals surface area contributed by atoms with E-state index in [1.807, 2.05) is 14.1 Å². The zero-order chi connectivity index (χ0) is 12.6. The van der Waals surface area contributed by atoms with E-state index < -0.39 is 0 Å². The Kier molecular flexibility index (Phi) is 3.10. The Bertz CT molecular complexity index is 320. The van der Waals surface area contributed by atoms with Gasteiger partial charge in [-0.2, -0.15) is 0 Å². The minimum Gasteiger partial charge on any atom is -0.333 e. The fourth-order valence-corrected chi connectivity index (χ4v) is 2.04. The second-order valence-corrected chi connectivity index (χ2v) is 4.72. The van der Waals surface area contributed by atoms with Crippen LogP contribution in [0.2, 0.25) is 0 Å². The predicted molar refractivity (Wildman–Crippen MR) is 65.6 cm³/mol. The van der Waals surface area contributed by atoms with E-state index >= 15 is 0 Å². The van der Waals surface area contributed by atoms with Crippen molar-refractivity contribution in [3.63, 3.8) is 0 Å². The van der Waals surface area contributed by atoms with Crippen molar-refractivity contribution in [2.24, 2.45) is 4.99 Å². The van der Waals surface area contributed by atoms with Gasteiger partial charge in [0.1, 0.15) is 12.3 Å². The lowest BCUT2D eigenvalue weighted by Crippen LogP contribution is -2.41. The maximum Gasteiger partial charge on any atom is 0.323 e. The molecule has 0 aromatic rings. The van der Waals surface area contributed by atoms with Gasteiger partial charge in [-0.05, 0) is 14.1 Å². The van der Waals surface area contributed by atoms with Gasteiger partial charge in [0, 0.05) is 20.6 Å². The van der Waals surface area contributed by atoms with E-state index in [4.69, 9.17) is 0 Å². The predicted octanol–water partition coefficient (Wildman–Crippen LogP) is -1.25. The first-order chi connectivity index (χ1) is 8.00. The summed E-state index contributed by atoms with van der Waals surface area (Å²) >= 11 is 0. The van der Waals surface area contributed by atoms with Gasteiger partial charge in [0.05, 0.1) is 6.54 Å². The van der Waals surface area contributed by atoms with Gasteiger partial charge in [-0.25, -0.2) is 4.79 Å². The molecule has 2 unspecified atom stereocenters. The smallest absolute Gasteiger partial charge is 0.323 e. The number of fused-ring (bicyclic) bond motifs is 1. The highest BCUT2D eigenvalue weighted by Crippen LogP contribution is 2.19. The lowest BCUT2D eigenvalue weighted by Gasteiger charge is -2.16. The molecule has 2 amide bonds. The molecule has 0 aliphatic carbocycles. The first-order valence-corrected chi connectivity index (χ1v) is 5.72. The Labute approximate surface area is 101 Å². The molecule has 2 N–H and O–H groups in total. The van der Waals surface area contributed by atoms with Gasteiger partial charge in [-0.3, -0.25) is 4.99 Å². The molecule has 0 radical (unpaired) electrons. The van der Waals surface area contributed by atoms with Gasteiger partial charge < -0.3 is 25.3 Å². The summed E-state index contributed by atoms with van der Waals surface area (Å²) in [6.07, 6.45) is -0.0452. The standard InChI is InChI=1S/C10H20N6O/c1-14(2)6-5-11-9-12-7-8(13-9)16(4)10(17)15(7)3/h7-8H,5-6H2,1-4H3,(H2,11,12,13). The quantitative estimate of drug-likeness (QED) is 0.647. The lowest BCUT2D eigenvalue weighted by molar-refractivity contribution is 0.197. The third-order valence-corrected chi connectivity index (χ3v) is 3.12. The van der Waals surface area contributed by atoms with Gasteiger partial charge in [-0.1, -0.05) is 0 Å². The van der Waals surface area contributed by atoms with Gasteiger partial charge in [0.25, 0.3) is 0 Å². The maximum absolute atomic E-state index is 11.7. The molecular formula is C10H20N6O. The minimum absolute atomic E-state index is 0.0207. The van der Waals surface area contributed by atoms with Crippen molar-refractivity contribution < 1.29 is 4.79 Å². The van der Waals surface area contributed by atoms with Gasteiger partial charge in [0.15, 0.2) is 5.96 Å². The summed E-state index contributed by atoms with van der Waals surface area (Å²) in [5.74, 6) is 0.771. The molecule has 0 aromatic carbocycles. The van der Waals surface area contributed by atoms with Crippen LogP contribution in [0, 0.1) is 0 Å². The third kappa shape index (κ3) is 2.14. The van der Waals surface area contributed by atoms with E-state index in [0.717, 1.165) is 19.0 Å². The highest BCUT2D eigenvalue weighted by atomic mass is 16.2. The van der Waals surface area contributed by atoms with Crippen molar-refractivity contribution in [3.8, 4) is 0 Å². The topological polar surface area (TPSA) is 63.2 Å². The number of hydrogen-bond acceptors (Lipinski definition) is 3. The number of guanidine groups is 1. The maximum atomic E-state index is 11.7. The fraction of sp³-hybridized carbons (Fsp3) is 0.800. The summed E-state index contributed by atoms with van der Waals surface area (Å²) in [5, 5.41) is 6.44. The van der Waals surface area contributed by atoms with Crippen molar-refractivity contribution in [1.82, 2.24) is 25.3 Å². The monoisotopic (exact) mass is 240 g/mol. The second-order valence-electron chi connectivity index (χ2n) is 4.72. The normalized spacial score (nSPS) is 27.4. The van der Waals surface area contributed by atoms with Crippen molar-refractivity contribution in [2.75, 3.05) is 41.3 Å². The summed E-state index contributed by atoms with van der Waals surface area (Å²) in [7, 11) is 7.62. The van der Waals surface area contributed by atoms with Crippen LogP contribution in [0.4, 0.5) is 4.79 Å². The van der Waals surface area contributed by atoms with Gasteiger partial charge >= 0.3 is 6.03 Å². The summed E-state index contributed by atoms with van der Waals surface area (Å²) in [5.41, 5.74) is 0. The highest BCUT2D eigenvalue weighted by Gasteiger charge is 2.46. The molecule has 0 aromatic heterocycles. The molecule has 0 saturated carbocycles. The van der Waals surface area contributed by atoms with Crippen LogP contribution >= 0.6 is 0 Å². The minimum atomic E-state index is -0.0226. The van der Waals surface area contributed by atoms with Crippen LogP contribution in [0.1, 0.15) is 0 Å². The molecule has 2 atom stereocenters. The van der Waals surface area contributed by atoms with Crippen molar-refractivity contribution >= 4 is 12.0 Å². The number of aliphatic imine (C=N–C) groups is 1. The Hall–Kier alpha value is -1.50. The molecule has 2 saturated heterocycles. The average molecular weight is 240 g/mol. The zero-order valence-corrected chi connectivity index (χ0v) is 10.8. The van der Waals surface area contributed by atoms with Crippen LogP contribution in [-0.4, -0.2) is 80.3 Å². The Morgan fingerprint density at radius 1 is 1.24 bits per heavy atom. The third-order valence-electron chi connectivity index (χ3n) is 3.12. The number of nitrogens with one attached hydrogen (secondary N) is 2. The number of carbonyl (C=O) groups is 1. The van der Waals surface area contributed by atoms with Crippen LogP contribution in [0.25, 0.3) is 0 Å². The number of urea groups is 1. The first kappa shape index (κ1) is 12.0. The van der Waals surface area contributed by atoms with Gasteiger partial charge in [0.2, 0.25) is 0 Å². The fourth-order valence-electron chi connectivity index (χ4n) is 2.04. The number of rotatable bonds is 3. The first-order valence-electron chi connectivity index (χ1n) is 5.72. The van der Waals surface area contributed by atoms with E-state index in [1.165, 1.54) is 0 Å². The van der Waals surface area contributed by atoms with E-state index in [2.05, 4.69) is 20.5 Å². The van der Waals surface area contributed by atoms with Crippen molar-refractivity contribution in [2.45, 2.75) is 12.3 Å². The lowest BCUT2D eigenvalue weighted by atomic mass is 10.4. The summed E-state index contributed by atoms with van der Waals surface area (Å²) in [6.45, 7) is 1.65. The molecule has 2 heterocycles. The number of hydrogen-bond donors (Lipinski definition) is 2. The Balaban J connectivity index is 1.95. The van der Waals surface area contributed by atoms with Crippen molar-refractivity contribution in [3.05, 3.63) is 0 Å². The second kappa shape index (κ2) is 4.40. The van der Waals surface area contributed by atoms with E-state index in [9.17, 15) is 4.79 Å². The molecule has 7 nitrogen and oxygen atoms in total. The molecule has 2 rings (SSSR count). The SMILES string of the molecule is CN(C)CCN=C1NC2C(N1)N(C)C(=O)N2C. The molecule has 0 bridgehead atoms. The van der Waals surface area contributed by atoms with E-state index in [-0.39, 0.29) is 18.4 Å². The molecule has 2 fully saturated rings. The molecule has 96 valence electrons. The number of nitrogens with zero attached hydrogens (tertiary/aromatic N) is 4. The van der Waals surface area contributed by atoms with Crippen LogP contribution in [0.5, 0.6) is 0 Å². The highest BCUT2D eigenvalue weighted by molar-refractivity contribution is 5.87. The van der Waals surface area contributed by atoms with Crippen LogP contribution in [-0.2, 0) is 0 Å². The van der Waals surface area contributed by atoms with Gasteiger partial charge in [-0.15, -0.1) is 0 Å². The largest absolute Gasteiger partial charge is 0.333 e. The number of amides is 2. The molecule has 7 heteroatoms. The summed E-state index contributed by atoms with van der Waals surface area (Å²) < 4.78 is 0. The summed E-state index contributed by atoms with van der Waals surface area (Å²) in [4.78, 5) is 21.5. The molecule has 2 aliphatic heterocycles. The van der Waals surface area contributed by atoms with E-state index in [1.54, 1.807) is 23.9 Å². The van der Waals surface area contributed by atoms with E-state index in [0.29, 0.717) is 0 Å². The van der Waals surface area contributed by atoms with Crippen LogP contribution < -0.4 is 10.6 Å².